The van der Waals surface area contributed by atoms with Crippen LogP contribution in [-0.4, -0.2) is 47.4 Å². The summed E-state index contributed by atoms with van der Waals surface area (Å²) in [6, 6.07) is 2.66. The Balaban J connectivity index is 1.72. The molecule has 0 aliphatic carbocycles. The van der Waals surface area contributed by atoms with E-state index in [-0.39, 0.29) is 0 Å². The van der Waals surface area contributed by atoms with E-state index in [0.29, 0.717) is 6.04 Å². The molecule has 1 saturated heterocycles. The number of hydrogen-bond donors (Lipinski definition) is 1. The van der Waals surface area contributed by atoms with Gasteiger partial charge in [-0.3, -0.25) is 9.58 Å². The maximum Gasteiger partial charge on any atom is 0.0536 e. The van der Waals surface area contributed by atoms with Crippen LogP contribution in [0.25, 0.3) is 0 Å². The summed E-state index contributed by atoms with van der Waals surface area (Å²) in [6.45, 7) is 4.51. The summed E-state index contributed by atoms with van der Waals surface area (Å²) in [5, 5.41) is 7.51. The Bertz CT molecular complexity index is 257. The van der Waals surface area contributed by atoms with E-state index < -0.39 is 0 Å². The smallest absolute Gasteiger partial charge is 0.0536 e. The van der Waals surface area contributed by atoms with Crippen LogP contribution in [0.1, 0.15) is 6.42 Å². The highest BCUT2D eigenvalue weighted by Crippen LogP contribution is 2.07. The van der Waals surface area contributed by atoms with Gasteiger partial charge in [0.2, 0.25) is 0 Å². The molecule has 1 unspecified atom stereocenters. The van der Waals surface area contributed by atoms with Gasteiger partial charge in [-0.2, -0.15) is 5.10 Å². The predicted octanol–water partition coefficient (Wildman–Crippen LogP) is 0.177. The number of rotatable bonds is 4. The molecule has 0 saturated carbocycles. The van der Waals surface area contributed by atoms with Gasteiger partial charge in [0, 0.05) is 31.5 Å². The van der Waals surface area contributed by atoms with Crippen molar-refractivity contribution in [3.63, 3.8) is 0 Å². The number of aromatic nitrogens is 2. The lowest BCUT2D eigenvalue weighted by molar-refractivity contribution is 0.308. The molecule has 78 valence electrons. The summed E-state index contributed by atoms with van der Waals surface area (Å²) in [6.07, 6.45) is 5.13. The Kier molecular flexibility index (Phi) is 3.16. The van der Waals surface area contributed by atoms with E-state index in [1.807, 2.05) is 30.2 Å². The average molecular weight is 194 g/mol. The van der Waals surface area contributed by atoms with Crippen molar-refractivity contribution in [2.75, 3.05) is 26.7 Å². The number of likely N-dealkylation sites (N-methyl/N-ethyl adjacent to an activating group) is 1. The highest BCUT2D eigenvalue weighted by molar-refractivity contribution is 4.81. The summed E-state index contributed by atoms with van der Waals surface area (Å²) in [5.41, 5.74) is 0. The molecule has 4 heteroatoms. The normalized spacial score (nSPS) is 23.1. The van der Waals surface area contributed by atoms with Crippen LogP contribution in [-0.2, 0) is 6.54 Å². The first-order chi connectivity index (χ1) is 6.88. The SMILES string of the molecule is CNC1CCN(CCn2cccn2)C1. The van der Waals surface area contributed by atoms with Crippen molar-refractivity contribution >= 4 is 0 Å². The number of likely N-dealkylation sites (tertiary alicyclic amines) is 1. The number of hydrogen-bond acceptors (Lipinski definition) is 3. The van der Waals surface area contributed by atoms with Gasteiger partial charge in [0.15, 0.2) is 0 Å². The third-order valence-electron chi connectivity index (χ3n) is 2.89. The van der Waals surface area contributed by atoms with Gasteiger partial charge < -0.3 is 5.32 Å². The maximum atomic E-state index is 4.19. The highest BCUT2D eigenvalue weighted by Gasteiger charge is 2.19. The Labute approximate surface area is 84.9 Å². The summed E-state index contributed by atoms with van der Waals surface area (Å²) in [4.78, 5) is 2.49. The van der Waals surface area contributed by atoms with Crippen molar-refractivity contribution in [1.82, 2.24) is 20.0 Å². The zero-order chi connectivity index (χ0) is 9.80. The van der Waals surface area contributed by atoms with E-state index in [2.05, 4.69) is 15.3 Å². The van der Waals surface area contributed by atoms with E-state index in [1.165, 1.54) is 19.5 Å². The molecule has 2 heterocycles. The topological polar surface area (TPSA) is 33.1 Å². The molecule has 1 aliphatic heterocycles. The zero-order valence-corrected chi connectivity index (χ0v) is 8.69. The van der Waals surface area contributed by atoms with Gasteiger partial charge in [0.05, 0.1) is 6.54 Å². The van der Waals surface area contributed by atoms with Gasteiger partial charge in [-0.25, -0.2) is 0 Å². The van der Waals surface area contributed by atoms with Gasteiger partial charge in [-0.15, -0.1) is 0 Å². The van der Waals surface area contributed by atoms with E-state index in [1.54, 1.807) is 0 Å². The van der Waals surface area contributed by atoms with Crippen LogP contribution in [0, 0.1) is 0 Å². The Morgan fingerprint density at radius 3 is 3.07 bits per heavy atom. The average Bonchev–Trinajstić information content (AvgIpc) is 2.86. The van der Waals surface area contributed by atoms with Gasteiger partial charge in [0.1, 0.15) is 0 Å². The van der Waals surface area contributed by atoms with Crippen molar-refractivity contribution in [1.29, 1.82) is 0 Å². The number of nitrogens with zero attached hydrogens (tertiary/aromatic N) is 3. The fraction of sp³-hybridized carbons (Fsp3) is 0.700. The molecular formula is C10H18N4. The summed E-state index contributed by atoms with van der Waals surface area (Å²) < 4.78 is 1.99. The number of nitrogens with one attached hydrogen (secondary N) is 1. The van der Waals surface area contributed by atoms with Gasteiger partial charge in [0.25, 0.3) is 0 Å². The molecule has 0 radical (unpaired) electrons. The fourth-order valence-electron chi connectivity index (χ4n) is 1.95. The van der Waals surface area contributed by atoms with Gasteiger partial charge in [-0.1, -0.05) is 0 Å². The summed E-state index contributed by atoms with van der Waals surface area (Å²) in [5.74, 6) is 0. The van der Waals surface area contributed by atoms with Crippen molar-refractivity contribution in [3.05, 3.63) is 18.5 Å². The van der Waals surface area contributed by atoms with Crippen LogP contribution >= 0.6 is 0 Å². The molecule has 0 amide bonds. The molecule has 4 nitrogen and oxygen atoms in total. The molecule has 1 aromatic rings. The van der Waals surface area contributed by atoms with Crippen LogP contribution in [0.2, 0.25) is 0 Å². The second-order valence-electron chi connectivity index (χ2n) is 3.84. The van der Waals surface area contributed by atoms with E-state index in [0.717, 1.165) is 13.1 Å². The fourth-order valence-corrected chi connectivity index (χ4v) is 1.95. The monoisotopic (exact) mass is 194 g/mol. The molecule has 14 heavy (non-hydrogen) atoms. The van der Waals surface area contributed by atoms with E-state index >= 15 is 0 Å². The third-order valence-corrected chi connectivity index (χ3v) is 2.89. The van der Waals surface area contributed by atoms with E-state index in [9.17, 15) is 0 Å². The maximum absolute atomic E-state index is 4.19. The predicted molar refractivity (Wildman–Crippen MR) is 56.1 cm³/mol. The van der Waals surface area contributed by atoms with Crippen molar-refractivity contribution in [3.8, 4) is 0 Å². The lowest BCUT2D eigenvalue weighted by Crippen LogP contribution is -2.31. The summed E-state index contributed by atoms with van der Waals surface area (Å²) >= 11 is 0. The molecule has 1 aliphatic rings. The van der Waals surface area contributed by atoms with Crippen molar-refractivity contribution in [2.45, 2.75) is 19.0 Å². The lowest BCUT2D eigenvalue weighted by atomic mass is 10.3. The Hall–Kier alpha value is -0.870. The third kappa shape index (κ3) is 2.33. The minimum atomic E-state index is 0.688. The standard InChI is InChI=1S/C10H18N4/c1-11-10-3-6-13(9-10)7-8-14-5-2-4-12-14/h2,4-5,10-11H,3,6-9H2,1H3. The minimum absolute atomic E-state index is 0.688. The van der Waals surface area contributed by atoms with Crippen LogP contribution in [0.15, 0.2) is 18.5 Å². The Morgan fingerprint density at radius 2 is 2.43 bits per heavy atom. The van der Waals surface area contributed by atoms with Crippen LogP contribution in [0.5, 0.6) is 0 Å². The molecule has 0 bridgehead atoms. The second-order valence-corrected chi connectivity index (χ2v) is 3.84. The van der Waals surface area contributed by atoms with Crippen LogP contribution in [0.3, 0.4) is 0 Å². The molecule has 2 rings (SSSR count). The quantitative estimate of drug-likeness (QED) is 0.742. The zero-order valence-electron chi connectivity index (χ0n) is 8.69. The highest BCUT2D eigenvalue weighted by atomic mass is 15.3. The first kappa shape index (κ1) is 9.68. The van der Waals surface area contributed by atoms with Crippen LogP contribution < -0.4 is 5.32 Å². The molecular weight excluding hydrogens is 176 g/mol. The molecule has 0 aromatic carbocycles. The molecule has 0 spiro atoms. The van der Waals surface area contributed by atoms with Gasteiger partial charge >= 0.3 is 0 Å². The molecule has 1 atom stereocenters. The van der Waals surface area contributed by atoms with E-state index in [4.69, 9.17) is 0 Å². The molecule has 1 N–H and O–H groups in total. The largest absolute Gasteiger partial charge is 0.316 e. The molecule has 1 aromatic heterocycles. The second kappa shape index (κ2) is 4.57. The van der Waals surface area contributed by atoms with Crippen molar-refractivity contribution in [2.24, 2.45) is 0 Å². The van der Waals surface area contributed by atoms with Crippen LogP contribution in [0.4, 0.5) is 0 Å². The lowest BCUT2D eigenvalue weighted by Gasteiger charge is -2.15. The minimum Gasteiger partial charge on any atom is -0.316 e. The van der Waals surface area contributed by atoms with Crippen molar-refractivity contribution < 1.29 is 0 Å². The first-order valence-corrected chi connectivity index (χ1v) is 5.25. The Morgan fingerprint density at radius 1 is 1.50 bits per heavy atom. The van der Waals surface area contributed by atoms with Gasteiger partial charge in [-0.05, 0) is 26.1 Å². The first-order valence-electron chi connectivity index (χ1n) is 5.25. The molecule has 1 fully saturated rings. The summed E-state index contributed by atoms with van der Waals surface area (Å²) in [7, 11) is 2.04.